The molecule has 0 aliphatic rings. The van der Waals surface area contributed by atoms with Gasteiger partial charge in [-0.15, -0.1) is 0 Å². The van der Waals surface area contributed by atoms with Crippen LogP contribution in [0.4, 0.5) is 11.9 Å². The zero-order valence-electron chi connectivity index (χ0n) is 10.5. The highest BCUT2D eigenvalue weighted by atomic mass is 16.2. The van der Waals surface area contributed by atoms with Crippen molar-refractivity contribution in [1.82, 2.24) is 24.5 Å². The number of aliphatic hydroxyl groups excluding tert-OH is 1. The molecule has 0 spiro atoms. The van der Waals surface area contributed by atoms with Gasteiger partial charge in [-0.2, -0.15) is 15.0 Å². The number of nitrogen functional groups attached to an aromatic ring is 1. The number of imidazole rings is 1. The van der Waals surface area contributed by atoms with Gasteiger partial charge < -0.3 is 16.2 Å². The molecule has 0 aliphatic heterocycles. The van der Waals surface area contributed by atoms with Crippen LogP contribution in [-0.4, -0.2) is 42.8 Å². The van der Waals surface area contributed by atoms with Crippen LogP contribution in [0.1, 0.15) is 19.3 Å². The maximum atomic E-state index is 8.68. The molecule has 2 aromatic rings. The van der Waals surface area contributed by atoms with E-state index in [1.807, 2.05) is 0 Å². The predicted molar refractivity (Wildman–Crippen MR) is 70.8 cm³/mol. The molecular formula is C11H17N7O. The van der Waals surface area contributed by atoms with Crippen molar-refractivity contribution in [2.45, 2.75) is 19.3 Å². The summed E-state index contributed by atoms with van der Waals surface area (Å²) < 4.78 is 1.66. The topological polar surface area (TPSA) is 115 Å². The molecular weight excluding hydrogens is 246 g/mol. The molecule has 0 aromatic carbocycles. The van der Waals surface area contributed by atoms with Crippen molar-refractivity contribution in [2.24, 2.45) is 0 Å². The van der Waals surface area contributed by atoms with E-state index in [-0.39, 0.29) is 12.6 Å². The van der Waals surface area contributed by atoms with E-state index >= 15 is 0 Å². The van der Waals surface area contributed by atoms with Crippen LogP contribution in [0.3, 0.4) is 0 Å². The van der Waals surface area contributed by atoms with Gasteiger partial charge in [-0.05, 0) is 19.3 Å². The van der Waals surface area contributed by atoms with E-state index < -0.39 is 0 Å². The second-order valence-electron chi connectivity index (χ2n) is 4.00. The van der Waals surface area contributed by atoms with E-state index in [1.54, 1.807) is 23.3 Å². The summed E-state index contributed by atoms with van der Waals surface area (Å²) in [7, 11) is 0. The maximum Gasteiger partial charge on any atom is 0.241 e. The van der Waals surface area contributed by atoms with E-state index in [4.69, 9.17) is 10.8 Å². The van der Waals surface area contributed by atoms with Gasteiger partial charge in [-0.1, -0.05) is 0 Å². The first-order valence-electron chi connectivity index (χ1n) is 6.14. The van der Waals surface area contributed by atoms with Gasteiger partial charge in [0.1, 0.15) is 6.33 Å². The van der Waals surface area contributed by atoms with Gasteiger partial charge in [0, 0.05) is 25.5 Å². The van der Waals surface area contributed by atoms with Crippen molar-refractivity contribution in [3.05, 3.63) is 18.7 Å². The van der Waals surface area contributed by atoms with E-state index in [0.717, 1.165) is 25.8 Å². The number of aromatic nitrogens is 5. The Morgan fingerprint density at radius 1 is 1.21 bits per heavy atom. The molecule has 2 rings (SSSR count). The zero-order valence-corrected chi connectivity index (χ0v) is 10.5. The first-order chi connectivity index (χ1) is 9.29. The quantitative estimate of drug-likeness (QED) is 0.612. The first-order valence-corrected chi connectivity index (χ1v) is 6.14. The number of nitrogens with two attached hydrogens (primary N) is 1. The van der Waals surface area contributed by atoms with E-state index in [1.165, 1.54) is 0 Å². The van der Waals surface area contributed by atoms with Crippen LogP contribution in [-0.2, 0) is 0 Å². The molecule has 2 heterocycles. The number of hydrogen-bond acceptors (Lipinski definition) is 7. The molecule has 0 unspecified atom stereocenters. The van der Waals surface area contributed by atoms with Gasteiger partial charge in [0.25, 0.3) is 0 Å². The van der Waals surface area contributed by atoms with Crippen LogP contribution >= 0.6 is 0 Å². The number of nitrogens with one attached hydrogen (secondary N) is 1. The van der Waals surface area contributed by atoms with Crippen molar-refractivity contribution in [3.63, 3.8) is 0 Å². The van der Waals surface area contributed by atoms with Crippen molar-refractivity contribution >= 4 is 11.9 Å². The lowest BCUT2D eigenvalue weighted by Gasteiger charge is -2.07. The minimum Gasteiger partial charge on any atom is -0.396 e. The second-order valence-corrected chi connectivity index (χ2v) is 4.00. The number of nitrogens with zero attached hydrogens (tertiary/aromatic N) is 5. The molecule has 8 heteroatoms. The monoisotopic (exact) mass is 263 g/mol. The highest BCUT2D eigenvalue weighted by Crippen LogP contribution is 2.07. The fourth-order valence-corrected chi connectivity index (χ4v) is 1.57. The summed E-state index contributed by atoms with van der Waals surface area (Å²) in [4.78, 5) is 16.2. The van der Waals surface area contributed by atoms with Crippen LogP contribution in [0.2, 0.25) is 0 Å². The highest BCUT2D eigenvalue weighted by molar-refractivity contribution is 5.34. The average molecular weight is 263 g/mol. The number of rotatable bonds is 7. The fourth-order valence-electron chi connectivity index (χ4n) is 1.57. The number of unbranched alkanes of at least 4 members (excludes halogenated alkanes) is 2. The molecule has 8 nitrogen and oxygen atoms in total. The fraction of sp³-hybridized carbons (Fsp3) is 0.455. The third kappa shape index (κ3) is 3.88. The summed E-state index contributed by atoms with van der Waals surface area (Å²) in [6.07, 6.45) is 7.67. The average Bonchev–Trinajstić information content (AvgIpc) is 2.92. The van der Waals surface area contributed by atoms with Gasteiger partial charge in [-0.25, -0.2) is 4.98 Å². The molecule has 0 aliphatic carbocycles. The van der Waals surface area contributed by atoms with Gasteiger partial charge in [0.15, 0.2) is 0 Å². The minimum absolute atomic E-state index is 0.163. The minimum atomic E-state index is 0.163. The highest BCUT2D eigenvalue weighted by Gasteiger charge is 2.05. The smallest absolute Gasteiger partial charge is 0.241 e. The Morgan fingerprint density at radius 2 is 2.11 bits per heavy atom. The Morgan fingerprint density at radius 3 is 2.84 bits per heavy atom. The number of aliphatic hydroxyl groups is 1. The normalized spacial score (nSPS) is 10.6. The van der Waals surface area contributed by atoms with E-state index in [9.17, 15) is 0 Å². The van der Waals surface area contributed by atoms with Crippen LogP contribution in [0.5, 0.6) is 0 Å². The maximum absolute atomic E-state index is 8.68. The third-order valence-corrected chi connectivity index (χ3v) is 2.49. The second kappa shape index (κ2) is 6.64. The summed E-state index contributed by atoms with van der Waals surface area (Å²) in [6, 6.07) is 0. The molecule has 0 amide bonds. The van der Waals surface area contributed by atoms with E-state index in [0.29, 0.717) is 11.9 Å². The molecule has 0 saturated heterocycles. The number of hydrogen-bond donors (Lipinski definition) is 3. The molecule has 0 radical (unpaired) electrons. The molecule has 0 bridgehead atoms. The Balaban J connectivity index is 1.97. The van der Waals surface area contributed by atoms with E-state index in [2.05, 4.69) is 25.3 Å². The Bertz CT molecular complexity index is 500. The predicted octanol–water partition coefficient (Wildman–Crippen LogP) is 0.214. The lowest BCUT2D eigenvalue weighted by Crippen LogP contribution is -2.11. The standard InChI is InChI=1S/C11H17N7O/c12-9-15-10(14-4-2-1-3-7-19)17-11(16-9)18-6-5-13-8-18/h5-6,8,19H,1-4,7H2,(H3,12,14,15,16,17). The Kier molecular flexibility index (Phi) is 4.62. The largest absolute Gasteiger partial charge is 0.396 e. The molecule has 102 valence electrons. The Labute approximate surface area is 110 Å². The Hall–Kier alpha value is -2.22. The molecule has 19 heavy (non-hydrogen) atoms. The summed E-state index contributed by atoms with van der Waals surface area (Å²) in [6.45, 7) is 0.955. The number of anilines is 2. The lowest BCUT2D eigenvalue weighted by atomic mass is 10.2. The van der Waals surface area contributed by atoms with Gasteiger partial charge in [0.05, 0.1) is 0 Å². The molecule has 0 atom stereocenters. The summed E-state index contributed by atoms with van der Waals surface area (Å²) in [5.41, 5.74) is 5.65. The third-order valence-electron chi connectivity index (χ3n) is 2.49. The summed E-state index contributed by atoms with van der Waals surface area (Å²) >= 11 is 0. The van der Waals surface area contributed by atoms with Crippen LogP contribution in [0.15, 0.2) is 18.7 Å². The van der Waals surface area contributed by atoms with Gasteiger partial charge in [0.2, 0.25) is 17.8 Å². The van der Waals surface area contributed by atoms with Crippen LogP contribution < -0.4 is 11.1 Å². The van der Waals surface area contributed by atoms with Crippen LogP contribution in [0.25, 0.3) is 5.95 Å². The van der Waals surface area contributed by atoms with Crippen molar-refractivity contribution in [2.75, 3.05) is 24.2 Å². The van der Waals surface area contributed by atoms with Gasteiger partial charge >= 0.3 is 0 Å². The zero-order chi connectivity index (χ0) is 13.5. The van der Waals surface area contributed by atoms with Crippen LogP contribution in [0, 0.1) is 0 Å². The van der Waals surface area contributed by atoms with Crippen molar-refractivity contribution in [3.8, 4) is 5.95 Å². The van der Waals surface area contributed by atoms with Crippen molar-refractivity contribution < 1.29 is 5.11 Å². The summed E-state index contributed by atoms with van der Waals surface area (Å²) in [5, 5.41) is 11.8. The van der Waals surface area contributed by atoms with Gasteiger partial charge in [-0.3, -0.25) is 4.57 Å². The summed E-state index contributed by atoms with van der Waals surface area (Å²) in [5.74, 6) is 1.04. The van der Waals surface area contributed by atoms with Crippen molar-refractivity contribution in [1.29, 1.82) is 0 Å². The molecule has 0 fully saturated rings. The molecule has 4 N–H and O–H groups in total. The SMILES string of the molecule is Nc1nc(NCCCCCO)nc(-n2ccnc2)n1. The molecule has 0 saturated carbocycles. The molecule has 2 aromatic heterocycles. The lowest BCUT2D eigenvalue weighted by molar-refractivity contribution is 0.283. The first kappa shape index (κ1) is 13.2.